The molecule has 17 heavy (non-hydrogen) atoms. The molecule has 1 atom stereocenters. The number of aromatic nitrogens is 1. The molecule has 1 amide bonds. The van der Waals surface area contributed by atoms with Gasteiger partial charge >= 0.3 is 0 Å². The van der Waals surface area contributed by atoms with Crippen molar-refractivity contribution >= 4 is 5.91 Å². The van der Waals surface area contributed by atoms with Gasteiger partial charge in [0, 0.05) is 19.3 Å². The van der Waals surface area contributed by atoms with Crippen molar-refractivity contribution in [3.63, 3.8) is 0 Å². The van der Waals surface area contributed by atoms with Crippen molar-refractivity contribution in [1.82, 2.24) is 10.3 Å². The molecule has 0 aliphatic carbocycles. The Kier molecular flexibility index (Phi) is 5.59. The molecule has 0 spiro atoms. The molecule has 0 bridgehead atoms. The lowest BCUT2D eigenvalue weighted by atomic mass is 10.2. The Morgan fingerprint density at radius 1 is 1.59 bits per heavy atom. The van der Waals surface area contributed by atoms with Crippen molar-refractivity contribution in [2.45, 2.75) is 19.4 Å². The number of amides is 1. The average molecular weight is 238 g/mol. The predicted octanol–water partition coefficient (Wildman–Crippen LogP) is 0.517. The highest BCUT2D eigenvalue weighted by Crippen LogP contribution is 1.98. The quantitative estimate of drug-likeness (QED) is 0.758. The third-order valence-electron chi connectivity index (χ3n) is 2.24. The van der Waals surface area contributed by atoms with Crippen molar-refractivity contribution in [1.29, 1.82) is 0 Å². The fourth-order valence-corrected chi connectivity index (χ4v) is 1.39. The molecule has 5 nitrogen and oxygen atoms in total. The second-order valence-electron chi connectivity index (χ2n) is 3.82. The monoisotopic (exact) mass is 238 g/mol. The number of carbonyl (C=O) groups is 1. The van der Waals surface area contributed by atoms with Gasteiger partial charge in [-0.1, -0.05) is 6.07 Å². The molecule has 0 fully saturated rings. The molecule has 1 aromatic heterocycles. The van der Waals surface area contributed by atoms with Gasteiger partial charge in [-0.2, -0.15) is 0 Å². The summed E-state index contributed by atoms with van der Waals surface area (Å²) in [6.07, 6.45) is -0.0865. The van der Waals surface area contributed by atoms with Crippen LogP contribution < -0.4 is 5.32 Å². The first-order valence-corrected chi connectivity index (χ1v) is 5.52. The molecule has 0 aromatic carbocycles. The standard InChI is InChI=1S/C12H18N2O3/c1-9-4-3-5-11(14-9)12(16)13-7-6-10(15)8-17-2/h3-5,10,15H,6-8H2,1-2H3,(H,13,16). The van der Waals surface area contributed by atoms with E-state index in [9.17, 15) is 9.90 Å². The van der Waals surface area contributed by atoms with Crippen LogP contribution in [0, 0.1) is 6.92 Å². The van der Waals surface area contributed by atoms with Crippen molar-refractivity contribution in [2.75, 3.05) is 20.3 Å². The minimum absolute atomic E-state index is 0.224. The lowest BCUT2D eigenvalue weighted by Gasteiger charge is -2.09. The Labute approximate surface area is 101 Å². The van der Waals surface area contributed by atoms with E-state index in [4.69, 9.17) is 4.74 Å². The van der Waals surface area contributed by atoms with Crippen LogP contribution in [0.15, 0.2) is 18.2 Å². The highest BCUT2D eigenvalue weighted by Gasteiger charge is 2.08. The van der Waals surface area contributed by atoms with Gasteiger partial charge in [0.2, 0.25) is 0 Å². The molecule has 0 aliphatic heterocycles. The van der Waals surface area contributed by atoms with Crippen LogP contribution in [0.2, 0.25) is 0 Å². The van der Waals surface area contributed by atoms with Crippen LogP contribution in [-0.4, -0.2) is 42.4 Å². The SMILES string of the molecule is COCC(O)CCNC(=O)c1cccc(C)n1. The zero-order valence-electron chi connectivity index (χ0n) is 10.1. The maximum absolute atomic E-state index is 11.6. The lowest BCUT2D eigenvalue weighted by molar-refractivity contribution is 0.0587. The van der Waals surface area contributed by atoms with Crippen LogP contribution in [0.3, 0.4) is 0 Å². The summed E-state index contributed by atoms with van der Waals surface area (Å²) in [4.78, 5) is 15.8. The fourth-order valence-electron chi connectivity index (χ4n) is 1.39. The third-order valence-corrected chi connectivity index (χ3v) is 2.24. The van der Waals surface area contributed by atoms with Gasteiger partial charge in [0.05, 0.1) is 12.7 Å². The maximum atomic E-state index is 11.6. The highest BCUT2D eigenvalue weighted by molar-refractivity contribution is 5.92. The number of methoxy groups -OCH3 is 1. The largest absolute Gasteiger partial charge is 0.391 e. The van der Waals surface area contributed by atoms with Crippen LogP contribution in [0.1, 0.15) is 22.6 Å². The Hall–Kier alpha value is -1.46. The van der Waals surface area contributed by atoms with Crippen LogP contribution in [0.4, 0.5) is 0 Å². The molecule has 2 N–H and O–H groups in total. The average Bonchev–Trinajstić information content (AvgIpc) is 2.29. The fraction of sp³-hybridized carbons (Fsp3) is 0.500. The van der Waals surface area contributed by atoms with Crippen molar-refractivity contribution in [2.24, 2.45) is 0 Å². The molecule has 0 radical (unpaired) electrons. The normalized spacial score (nSPS) is 12.2. The zero-order valence-corrected chi connectivity index (χ0v) is 10.1. The van der Waals surface area contributed by atoms with E-state index >= 15 is 0 Å². The smallest absolute Gasteiger partial charge is 0.269 e. The van der Waals surface area contributed by atoms with Crippen LogP contribution >= 0.6 is 0 Å². The molecule has 94 valence electrons. The minimum Gasteiger partial charge on any atom is -0.391 e. The molecule has 0 saturated carbocycles. The van der Waals surface area contributed by atoms with Crippen molar-refractivity contribution in [3.8, 4) is 0 Å². The number of nitrogens with zero attached hydrogens (tertiary/aromatic N) is 1. The van der Waals surface area contributed by atoms with Gasteiger partial charge in [-0.25, -0.2) is 4.98 Å². The number of rotatable bonds is 6. The summed E-state index contributed by atoms with van der Waals surface area (Å²) in [5, 5.41) is 12.1. The molecule has 0 aliphatic rings. The second kappa shape index (κ2) is 6.98. The molecule has 1 rings (SSSR count). The van der Waals surface area contributed by atoms with E-state index in [1.165, 1.54) is 7.11 Å². The van der Waals surface area contributed by atoms with Gasteiger partial charge in [-0.15, -0.1) is 0 Å². The van der Waals surface area contributed by atoms with E-state index < -0.39 is 6.10 Å². The van der Waals surface area contributed by atoms with Gasteiger partial charge in [-0.3, -0.25) is 4.79 Å². The number of pyridine rings is 1. The van der Waals surface area contributed by atoms with Crippen LogP contribution in [-0.2, 0) is 4.74 Å². The Balaban J connectivity index is 2.35. The number of aliphatic hydroxyl groups excluding tert-OH is 1. The van der Waals surface area contributed by atoms with Crippen LogP contribution in [0.5, 0.6) is 0 Å². The number of aliphatic hydroxyl groups is 1. The topological polar surface area (TPSA) is 71.5 Å². The molecule has 0 saturated heterocycles. The van der Waals surface area contributed by atoms with Gasteiger partial charge in [0.25, 0.3) is 5.91 Å². The number of hydrogen-bond acceptors (Lipinski definition) is 4. The summed E-state index contributed by atoms with van der Waals surface area (Å²) in [7, 11) is 1.53. The van der Waals surface area contributed by atoms with E-state index in [2.05, 4.69) is 10.3 Å². The number of nitrogens with one attached hydrogen (secondary N) is 1. The summed E-state index contributed by atoms with van der Waals surface area (Å²) in [5.41, 5.74) is 1.20. The number of aryl methyl sites for hydroxylation is 1. The second-order valence-corrected chi connectivity index (χ2v) is 3.82. The number of ether oxygens (including phenoxy) is 1. The Morgan fingerprint density at radius 2 is 2.35 bits per heavy atom. The Morgan fingerprint density at radius 3 is 3.00 bits per heavy atom. The van der Waals surface area contributed by atoms with Crippen molar-refractivity contribution in [3.05, 3.63) is 29.6 Å². The first-order chi connectivity index (χ1) is 8.13. The molecule has 1 aromatic rings. The minimum atomic E-state index is -0.550. The molecule has 1 heterocycles. The summed E-state index contributed by atoms with van der Waals surface area (Å²) in [6, 6.07) is 5.28. The van der Waals surface area contributed by atoms with E-state index in [0.717, 1.165) is 5.69 Å². The van der Waals surface area contributed by atoms with Crippen molar-refractivity contribution < 1.29 is 14.6 Å². The zero-order chi connectivity index (χ0) is 12.7. The molecule has 5 heteroatoms. The Bertz CT molecular complexity index is 369. The first kappa shape index (κ1) is 13.6. The summed E-state index contributed by atoms with van der Waals surface area (Å²) < 4.78 is 4.79. The molecule has 1 unspecified atom stereocenters. The van der Waals surface area contributed by atoms with Gasteiger partial charge in [-0.05, 0) is 25.5 Å². The lowest BCUT2D eigenvalue weighted by Crippen LogP contribution is -2.29. The van der Waals surface area contributed by atoms with Crippen LogP contribution in [0.25, 0.3) is 0 Å². The predicted molar refractivity (Wildman–Crippen MR) is 63.8 cm³/mol. The number of hydrogen-bond donors (Lipinski definition) is 2. The summed E-state index contributed by atoms with van der Waals surface area (Å²) >= 11 is 0. The van der Waals surface area contributed by atoms with E-state index in [-0.39, 0.29) is 12.5 Å². The van der Waals surface area contributed by atoms with E-state index in [1.54, 1.807) is 12.1 Å². The molecular formula is C12H18N2O3. The number of carbonyl (C=O) groups excluding carboxylic acids is 1. The van der Waals surface area contributed by atoms with Gasteiger partial charge < -0.3 is 15.2 Å². The first-order valence-electron chi connectivity index (χ1n) is 5.52. The van der Waals surface area contributed by atoms with Gasteiger partial charge in [0.1, 0.15) is 5.69 Å². The maximum Gasteiger partial charge on any atom is 0.269 e. The van der Waals surface area contributed by atoms with E-state index in [0.29, 0.717) is 18.7 Å². The highest BCUT2D eigenvalue weighted by atomic mass is 16.5. The van der Waals surface area contributed by atoms with Gasteiger partial charge in [0.15, 0.2) is 0 Å². The van der Waals surface area contributed by atoms with E-state index in [1.807, 2.05) is 13.0 Å². The third kappa shape index (κ3) is 4.93. The summed E-state index contributed by atoms with van der Waals surface area (Å²) in [5.74, 6) is -0.224. The molecular weight excluding hydrogens is 220 g/mol. The summed E-state index contributed by atoms with van der Waals surface area (Å²) in [6.45, 7) is 2.51.